The van der Waals surface area contributed by atoms with E-state index in [0.29, 0.717) is 11.7 Å². The van der Waals surface area contributed by atoms with Crippen LogP contribution in [0.3, 0.4) is 0 Å². The zero-order valence-corrected chi connectivity index (χ0v) is 15.2. The molecule has 0 radical (unpaired) electrons. The Hall–Kier alpha value is -2.67. The van der Waals surface area contributed by atoms with Crippen molar-refractivity contribution in [3.05, 3.63) is 53.9 Å². The summed E-state index contributed by atoms with van der Waals surface area (Å²) in [6.45, 7) is 1.86. The van der Waals surface area contributed by atoms with Crippen molar-refractivity contribution in [2.75, 3.05) is 13.6 Å². The predicted octanol–water partition coefficient (Wildman–Crippen LogP) is 2.15. The molecule has 4 rings (SSSR count). The zero-order chi connectivity index (χ0) is 18.1. The van der Waals surface area contributed by atoms with Crippen LogP contribution < -0.4 is 5.32 Å². The first-order valence-corrected chi connectivity index (χ1v) is 9.07. The van der Waals surface area contributed by atoms with Gasteiger partial charge in [0.05, 0.1) is 17.9 Å². The average Bonchev–Trinajstić information content (AvgIpc) is 3.26. The van der Waals surface area contributed by atoms with Crippen molar-refractivity contribution in [2.24, 2.45) is 7.05 Å². The van der Waals surface area contributed by atoms with E-state index >= 15 is 0 Å². The molecule has 1 saturated heterocycles. The second kappa shape index (κ2) is 6.92. The van der Waals surface area contributed by atoms with Crippen LogP contribution in [-0.4, -0.2) is 43.3 Å². The highest BCUT2D eigenvalue weighted by atomic mass is 16.1. The van der Waals surface area contributed by atoms with E-state index in [-0.39, 0.29) is 5.91 Å². The third-order valence-electron chi connectivity index (χ3n) is 5.31. The van der Waals surface area contributed by atoms with E-state index in [4.69, 9.17) is 0 Å². The first-order valence-electron chi connectivity index (χ1n) is 9.07. The van der Waals surface area contributed by atoms with Crippen LogP contribution in [0.4, 0.5) is 0 Å². The van der Waals surface area contributed by atoms with Crippen molar-refractivity contribution in [1.82, 2.24) is 29.2 Å². The van der Waals surface area contributed by atoms with Crippen LogP contribution in [0, 0.1) is 0 Å². The Bertz CT molecular complexity index is 927. The number of carbonyl (C=O) groups is 1. The molecule has 0 unspecified atom stereocenters. The molecule has 7 nitrogen and oxygen atoms in total. The Balaban J connectivity index is 1.63. The number of hydrogen-bond donors (Lipinski definition) is 1. The molecule has 7 heteroatoms. The molecule has 1 fully saturated rings. The van der Waals surface area contributed by atoms with Gasteiger partial charge in [0, 0.05) is 38.7 Å². The summed E-state index contributed by atoms with van der Waals surface area (Å²) in [7, 11) is 3.64. The minimum atomic E-state index is -0.0473. The zero-order valence-electron chi connectivity index (χ0n) is 15.2. The van der Waals surface area contributed by atoms with Crippen LogP contribution in [-0.2, 0) is 13.6 Å². The van der Waals surface area contributed by atoms with E-state index in [1.165, 1.54) is 18.5 Å². The van der Waals surface area contributed by atoms with E-state index in [2.05, 4.69) is 26.3 Å². The number of nitrogens with one attached hydrogen (secondary N) is 1. The summed E-state index contributed by atoms with van der Waals surface area (Å²) in [4.78, 5) is 23.2. The summed E-state index contributed by atoms with van der Waals surface area (Å²) in [5.41, 5.74) is 3.03. The number of rotatable bonds is 4. The molecule has 0 spiro atoms. The van der Waals surface area contributed by atoms with Crippen LogP contribution in [0.15, 0.2) is 36.8 Å². The van der Waals surface area contributed by atoms with Crippen LogP contribution in [0.5, 0.6) is 0 Å². The van der Waals surface area contributed by atoms with Crippen molar-refractivity contribution in [1.29, 1.82) is 0 Å². The van der Waals surface area contributed by atoms with Crippen molar-refractivity contribution < 1.29 is 4.79 Å². The number of likely N-dealkylation sites (tertiary alicyclic amines) is 1. The molecule has 0 bridgehead atoms. The fourth-order valence-corrected chi connectivity index (χ4v) is 3.94. The van der Waals surface area contributed by atoms with Gasteiger partial charge in [0.25, 0.3) is 5.91 Å². The quantitative estimate of drug-likeness (QED) is 0.781. The highest BCUT2D eigenvalue weighted by Crippen LogP contribution is 2.33. The number of carbonyl (C=O) groups excluding carboxylic acids is 1. The highest BCUT2D eigenvalue weighted by molar-refractivity contribution is 5.92. The number of fused-ring (bicyclic) bond motifs is 1. The van der Waals surface area contributed by atoms with Crippen LogP contribution in [0.2, 0.25) is 0 Å². The lowest BCUT2D eigenvalue weighted by molar-refractivity contribution is 0.0952. The molecule has 26 heavy (non-hydrogen) atoms. The molecular weight excluding hydrogens is 328 g/mol. The largest absolute Gasteiger partial charge is 0.354 e. The van der Waals surface area contributed by atoms with Crippen molar-refractivity contribution in [3.63, 3.8) is 0 Å². The van der Waals surface area contributed by atoms with Gasteiger partial charge in [-0.25, -0.2) is 9.97 Å². The molecule has 1 aliphatic rings. The Labute approximate surface area is 152 Å². The highest BCUT2D eigenvalue weighted by Gasteiger charge is 2.28. The standard InChI is InChI=1S/C19H24N6O/c1-20-18(26)17-8-7-15(23(17)2)16-6-3-4-10-24(16)13-14-12-22-19-21-9-5-11-25(14)19/h5,7-9,11-12,16H,3-4,6,10,13H2,1-2H3,(H,20,26)/t16-/m0/s1. The maximum atomic E-state index is 12.1. The number of nitrogens with zero attached hydrogens (tertiary/aromatic N) is 5. The summed E-state index contributed by atoms with van der Waals surface area (Å²) in [5.74, 6) is 0.686. The molecule has 1 N–H and O–H groups in total. The monoisotopic (exact) mass is 352 g/mol. The molecule has 1 aliphatic heterocycles. The molecule has 1 amide bonds. The summed E-state index contributed by atoms with van der Waals surface area (Å²) in [6, 6.07) is 6.23. The molecule has 136 valence electrons. The number of amides is 1. The second-order valence-electron chi connectivity index (χ2n) is 6.80. The van der Waals surface area contributed by atoms with Gasteiger partial charge in [-0.1, -0.05) is 6.42 Å². The first kappa shape index (κ1) is 16.8. The lowest BCUT2D eigenvalue weighted by Crippen LogP contribution is -2.34. The number of piperidine rings is 1. The lowest BCUT2D eigenvalue weighted by atomic mass is 9.99. The topological polar surface area (TPSA) is 67.5 Å². The minimum Gasteiger partial charge on any atom is -0.354 e. The number of hydrogen-bond acceptors (Lipinski definition) is 4. The molecule has 3 aromatic rings. The van der Waals surface area contributed by atoms with E-state index in [0.717, 1.165) is 31.0 Å². The smallest absolute Gasteiger partial charge is 0.267 e. The molecular formula is C19H24N6O. The predicted molar refractivity (Wildman–Crippen MR) is 98.8 cm³/mol. The van der Waals surface area contributed by atoms with Gasteiger partial charge in [0.2, 0.25) is 5.78 Å². The van der Waals surface area contributed by atoms with E-state index in [1.807, 2.05) is 40.5 Å². The fraction of sp³-hybridized carbons (Fsp3) is 0.421. The lowest BCUT2D eigenvalue weighted by Gasteiger charge is -2.36. The first-order chi connectivity index (χ1) is 12.7. The van der Waals surface area contributed by atoms with Crippen LogP contribution >= 0.6 is 0 Å². The maximum Gasteiger partial charge on any atom is 0.267 e. The van der Waals surface area contributed by atoms with Gasteiger partial charge in [0.15, 0.2) is 0 Å². The number of aromatic nitrogens is 4. The fourth-order valence-electron chi connectivity index (χ4n) is 3.94. The van der Waals surface area contributed by atoms with Crippen LogP contribution in [0.25, 0.3) is 5.78 Å². The third-order valence-corrected chi connectivity index (χ3v) is 5.31. The Kier molecular flexibility index (Phi) is 4.46. The Morgan fingerprint density at radius 3 is 3.04 bits per heavy atom. The van der Waals surface area contributed by atoms with E-state index in [9.17, 15) is 4.79 Å². The molecule has 0 aromatic carbocycles. The van der Waals surface area contributed by atoms with Crippen LogP contribution in [0.1, 0.15) is 47.2 Å². The number of imidazole rings is 1. The van der Waals surface area contributed by atoms with Gasteiger partial charge in [-0.05, 0) is 37.6 Å². The van der Waals surface area contributed by atoms with Gasteiger partial charge in [-0.15, -0.1) is 0 Å². The Morgan fingerprint density at radius 2 is 2.19 bits per heavy atom. The average molecular weight is 352 g/mol. The second-order valence-corrected chi connectivity index (χ2v) is 6.80. The van der Waals surface area contributed by atoms with Crippen molar-refractivity contribution in [2.45, 2.75) is 31.8 Å². The summed E-state index contributed by atoms with van der Waals surface area (Å²) in [6.07, 6.45) is 9.18. The minimum absolute atomic E-state index is 0.0473. The SMILES string of the molecule is CNC(=O)c1ccc([C@@H]2CCCCN2Cc2cnc3ncccn23)n1C. The molecule has 1 atom stereocenters. The molecule has 0 saturated carbocycles. The Morgan fingerprint density at radius 1 is 1.31 bits per heavy atom. The summed E-state index contributed by atoms with van der Waals surface area (Å²) >= 11 is 0. The van der Waals surface area contributed by atoms with Gasteiger partial charge < -0.3 is 9.88 Å². The summed E-state index contributed by atoms with van der Waals surface area (Å²) in [5, 5.41) is 2.71. The summed E-state index contributed by atoms with van der Waals surface area (Å²) < 4.78 is 4.07. The van der Waals surface area contributed by atoms with Crippen molar-refractivity contribution in [3.8, 4) is 0 Å². The van der Waals surface area contributed by atoms with E-state index < -0.39 is 0 Å². The van der Waals surface area contributed by atoms with E-state index in [1.54, 1.807) is 13.2 Å². The maximum absolute atomic E-state index is 12.1. The van der Waals surface area contributed by atoms with Gasteiger partial charge >= 0.3 is 0 Å². The normalized spacial score (nSPS) is 18.3. The molecule has 3 aromatic heterocycles. The van der Waals surface area contributed by atoms with Crippen molar-refractivity contribution >= 4 is 11.7 Å². The molecule has 0 aliphatic carbocycles. The van der Waals surface area contributed by atoms with Gasteiger partial charge in [-0.3, -0.25) is 14.1 Å². The molecule has 4 heterocycles. The third kappa shape index (κ3) is 2.88. The van der Waals surface area contributed by atoms with Gasteiger partial charge in [0.1, 0.15) is 5.69 Å². The van der Waals surface area contributed by atoms with Gasteiger partial charge in [-0.2, -0.15) is 0 Å².